The Labute approximate surface area is 632 Å². The fourth-order valence-electron chi connectivity index (χ4n) is 12.9. The molecule has 6 atom stereocenters. The Bertz CT molecular complexity index is 2010. The van der Waals surface area contributed by atoms with Crippen molar-refractivity contribution < 1.29 is 80.2 Å². The molecule has 19 heteroatoms. The number of carbonyl (C=O) groups excluding carboxylic acids is 4. The number of carbonyl (C=O) groups is 4. The van der Waals surface area contributed by atoms with Crippen LogP contribution in [-0.4, -0.2) is 96.7 Å². The van der Waals surface area contributed by atoms with Crippen molar-refractivity contribution >= 4 is 39.5 Å². The van der Waals surface area contributed by atoms with Crippen LogP contribution in [0.15, 0.2) is 0 Å². The zero-order valence-electron chi connectivity index (χ0n) is 68.0. The summed E-state index contributed by atoms with van der Waals surface area (Å²) in [6.07, 6.45) is 61.0. The highest BCUT2D eigenvalue weighted by Crippen LogP contribution is 2.45. The predicted molar refractivity (Wildman–Crippen MR) is 423 cm³/mol. The summed E-state index contributed by atoms with van der Waals surface area (Å²) in [7, 11) is -9.93. The lowest BCUT2D eigenvalue weighted by Gasteiger charge is -2.21. The quantitative estimate of drug-likeness (QED) is 0.0222. The van der Waals surface area contributed by atoms with Crippen molar-refractivity contribution in [3.05, 3.63) is 0 Å². The summed E-state index contributed by atoms with van der Waals surface area (Å²) >= 11 is 0. The molecule has 103 heavy (non-hydrogen) atoms. The molecule has 17 nitrogen and oxygen atoms in total. The summed E-state index contributed by atoms with van der Waals surface area (Å²) in [5.74, 6) is 1.05. The van der Waals surface area contributed by atoms with Crippen LogP contribution in [0.25, 0.3) is 0 Å². The number of phosphoric ester groups is 2. The van der Waals surface area contributed by atoms with Gasteiger partial charge in [0, 0.05) is 25.7 Å². The van der Waals surface area contributed by atoms with E-state index in [1.54, 1.807) is 0 Å². The van der Waals surface area contributed by atoms with Crippen LogP contribution in [0.1, 0.15) is 434 Å². The SMILES string of the molecule is CCC(C)CCCCCCCCCCC(=O)OC[C@H](COP(=O)(O)OC[C@H](O)COP(=O)(O)OC[C@@H](COC(=O)CCCCCCCCCCCCCCC(C)C)OC(=O)CCCCCCCCCCCCCCCCCCCCC(C)C)OC(=O)CCCCCCCCCCCCCCC(C)C. The van der Waals surface area contributed by atoms with Crippen LogP contribution in [0, 0.1) is 23.7 Å². The first-order valence-corrected chi connectivity index (χ1v) is 46.2. The average molecular weight is 1510 g/mol. The van der Waals surface area contributed by atoms with Crippen molar-refractivity contribution in [3.8, 4) is 0 Å². The van der Waals surface area contributed by atoms with Crippen molar-refractivity contribution in [2.24, 2.45) is 23.7 Å². The zero-order chi connectivity index (χ0) is 76.0. The van der Waals surface area contributed by atoms with Crippen LogP contribution in [0.3, 0.4) is 0 Å². The van der Waals surface area contributed by atoms with Gasteiger partial charge in [-0.25, -0.2) is 9.13 Å². The molecule has 0 amide bonds. The van der Waals surface area contributed by atoms with Crippen molar-refractivity contribution in [1.82, 2.24) is 0 Å². The van der Waals surface area contributed by atoms with Gasteiger partial charge in [-0.15, -0.1) is 0 Å². The molecule has 0 spiro atoms. The third-order valence-electron chi connectivity index (χ3n) is 19.9. The van der Waals surface area contributed by atoms with E-state index in [1.165, 1.54) is 238 Å². The van der Waals surface area contributed by atoms with E-state index in [1.807, 2.05) is 0 Å². The van der Waals surface area contributed by atoms with E-state index in [4.69, 9.17) is 37.0 Å². The minimum atomic E-state index is -4.97. The summed E-state index contributed by atoms with van der Waals surface area (Å²) < 4.78 is 68.8. The second kappa shape index (κ2) is 72.9. The van der Waals surface area contributed by atoms with Gasteiger partial charge < -0.3 is 33.8 Å². The molecule has 0 saturated heterocycles. The molecule has 0 bridgehead atoms. The maximum Gasteiger partial charge on any atom is 0.472 e. The molecule has 0 aliphatic heterocycles. The monoisotopic (exact) mass is 1510 g/mol. The number of unbranched alkanes of at least 4 members (excludes halogenated alkanes) is 46. The van der Waals surface area contributed by atoms with Crippen molar-refractivity contribution in [2.75, 3.05) is 39.6 Å². The lowest BCUT2D eigenvalue weighted by atomic mass is 9.99. The Balaban J connectivity index is 5.25. The first-order valence-electron chi connectivity index (χ1n) is 43.2. The topological polar surface area (TPSA) is 237 Å². The van der Waals surface area contributed by atoms with Gasteiger partial charge in [0.15, 0.2) is 12.2 Å². The van der Waals surface area contributed by atoms with E-state index >= 15 is 0 Å². The third-order valence-corrected chi connectivity index (χ3v) is 21.8. The highest BCUT2D eigenvalue weighted by atomic mass is 31.2. The van der Waals surface area contributed by atoms with E-state index in [9.17, 15) is 43.2 Å². The second-order valence-electron chi connectivity index (χ2n) is 31.9. The van der Waals surface area contributed by atoms with Gasteiger partial charge in [0.1, 0.15) is 19.3 Å². The molecule has 612 valence electrons. The zero-order valence-corrected chi connectivity index (χ0v) is 69.7. The van der Waals surface area contributed by atoms with Crippen LogP contribution in [0.5, 0.6) is 0 Å². The van der Waals surface area contributed by atoms with Gasteiger partial charge in [-0.2, -0.15) is 0 Å². The normalized spacial score (nSPS) is 14.2. The molecule has 0 saturated carbocycles. The molecule has 0 aromatic carbocycles. The molecule has 0 aliphatic rings. The summed E-state index contributed by atoms with van der Waals surface area (Å²) in [6, 6.07) is 0. The lowest BCUT2D eigenvalue weighted by molar-refractivity contribution is -0.161. The molecule has 0 rings (SSSR count). The maximum absolute atomic E-state index is 13.1. The van der Waals surface area contributed by atoms with Crippen LogP contribution < -0.4 is 0 Å². The highest BCUT2D eigenvalue weighted by molar-refractivity contribution is 7.47. The largest absolute Gasteiger partial charge is 0.472 e. The molecule has 0 aromatic heterocycles. The number of hydrogen-bond acceptors (Lipinski definition) is 15. The Morgan fingerprint density at radius 1 is 0.272 bits per heavy atom. The van der Waals surface area contributed by atoms with E-state index in [-0.39, 0.29) is 25.7 Å². The number of esters is 4. The summed E-state index contributed by atoms with van der Waals surface area (Å²) in [5.41, 5.74) is 0. The lowest BCUT2D eigenvalue weighted by Crippen LogP contribution is -2.30. The van der Waals surface area contributed by atoms with Crippen LogP contribution in [0.4, 0.5) is 0 Å². The molecule has 3 N–H and O–H groups in total. The number of aliphatic hydroxyl groups is 1. The van der Waals surface area contributed by atoms with Crippen LogP contribution >= 0.6 is 15.6 Å². The van der Waals surface area contributed by atoms with E-state index < -0.39 is 97.5 Å². The average Bonchev–Trinajstić information content (AvgIpc) is 0.934. The van der Waals surface area contributed by atoms with Gasteiger partial charge in [0.2, 0.25) is 0 Å². The Morgan fingerprint density at radius 2 is 0.466 bits per heavy atom. The van der Waals surface area contributed by atoms with Gasteiger partial charge in [-0.1, -0.05) is 383 Å². The van der Waals surface area contributed by atoms with E-state index in [0.717, 1.165) is 114 Å². The fraction of sp³-hybridized carbons (Fsp3) is 0.952. The van der Waals surface area contributed by atoms with Crippen molar-refractivity contribution in [3.63, 3.8) is 0 Å². The first kappa shape index (κ1) is 101. The van der Waals surface area contributed by atoms with Gasteiger partial charge in [0.25, 0.3) is 0 Å². The fourth-order valence-corrected chi connectivity index (χ4v) is 14.5. The van der Waals surface area contributed by atoms with Crippen LogP contribution in [0.2, 0.25) is 0 Å². The number of phosphoric acid groups is 2. The molecular weight excluding hydrogens is 1340 g/mol. The van der Waals surface area contributed by atoms with Gasteiger partial charge >= 0.3 is 39.5 Å². The van der Waals surface area contributed by atoms with E-state index in [2.05, 4.69) is 55.4 Å². The molecule has 0 aromatic rings. The highest BCUT2D eigenvalue weighted by Gasteiger charge is 2.30. The third kappa shape index (κ3) is 76.6. The maximum atomic E-state index is 13.1. The van der Waals surface area contributed by atoms with E-state index in [0.29, 0.717) is 25.7 Å². The molecule has 0 heterocycles. The smallest absolute Gasteiger partial charge is 0.462 e. The molecular formula is C84H164O17P2. The second-order valence-corrected chi connectivity index (χ2v) is 34.8. The van der Waals surface area contributed by atoms with Crippen molar-refractivity contribution in [1.29, 1.82) is 0 Å². The van der Waals surface area contributed by atoms with Crippen molar-refractivity contribution in [2.45, 2.75) is 453 Å². The Hall–Kier alpha value is -1.94. The minimum Gasteiger partial charge on any atom is -0.462 e. The molecule has 0 fully saturated rings. The van der Waals surface area contributed by atoms with Gasteiger partial charge in [-0.05, 0) is 49.4 Å². The summed E-state index contributed by atoms with van der Waals surface area (Å²) in [6.45, 7) is 14.3. The van der Waals surface area contributed by atoms with Gasteiger partial charge in [0.05, 0.1) is 26.4 Å². The number of ether oxygens (including phenoxy) is 4. The first-order chi connectivity index (χ1) is 49.6. The molecule has 0 aliphatic carbocycles. The molecule has 3 unspecified atom stereocenters. The number of rotatable bonds is 81. The number of hydrogen-bond donors (Lipinski definition) is 3. The standard InChI is InChI=1S/C84H164O17P2/c1-9-77(8)63-55-47-39-34-35-41-49-57-65-82(87)95-71-80(101-84(89)67-59-51-43-33-27-21-19-24-30-38-46-54-62-76(6)7)73-99-103(92,93)97-69-78(85)68-96-102(90,91)98-72-79(70-94-81(86)64-56-48-40-31-25-20-18-23-29-37-45-53-61-75(4)5)100-83(88)66-58-50-42-32-26-17-15-13-11-10-12-14-16-22-28-36-44-52-60-74(2)3/h74-80,85H,9-73H2,1-8H3,(H,90,91)(H,92,93)/t77?,78-,79-,80-/m1/s1. The minimum absolute atomic E-state index is 0.106. The van der Waals surface area contributed by atoms with Gasteiger partial charge in [-0.3, -0.25) is 37.3 Å². The Morgan fingerprint density at radius 3 is 0.689 bits per heavy atom. The Kier molecular flexibility index (Phi) is 71.5. The van der Waals surface area contributed by atoms with Crippen LogP contribution in [-0.2, 0) is 65.4 Å². The summed E-state index contributed by atoms with van der Waals surface area (Å²) in [5, 5.41) is 10.7. The predicted octanol–water partition coefficient (Wildman–Crippen LogP) is 25.2. The number of aliphatic hydroxyl groups excluding tert-OH is 1. The summed E-state index contributed by atoms with van der Waals surface area (Å²) in [4.78, 5) is 73.2. The molecule has 0 radical (unpaired) electrons.